The largest absolute Gasteiger partial charge is 0.493 e. The number of hydrazine groups is 1. The second-order valence-electron chi connectivity index (χ2n) is 4.72. The Morgan fingerprint density at radius 1 is 1.04 bits per heavy atom. The molecule has 0 saturated carbocycles. The maximum absolute atomic E-state index is 12.0. The minimum absolute atomic E-state index is 0.168. The predicted molar refractivity (Wildman–Crippen MR) is 87.2 cm³/mol. The van der Waals surface area contributed by atoms with Crippen LogP contribution in [0.25, 0.3) is 0 Å². The fourth-order valence-electron chi connectivity index (χ4n) is 1.94. The average Bonchev–Trinajstić information content (AvgIpc) is 2.64. The highest BCUT2D eigenvalue weighted by atomic mass is 16.6. The first-order valence-electron chi connectivity index (χ1n) is 7.11. The van der Waals surface area contributed by atoms with Crippen LogP contribution in [0.1, 0.15) is 10.4 Å². The maximum atomic E-state index is 12.0. The van der Waals surface area contributed by atoms with Crippen LogP contribution in [0, 0.1) is 10.1 Å². The first-order valence-corrected chi connectivity index (χ1v) is 7.11. The van der Waals surface area contributed by atoms with Gasteiger partial charge in [-0.25, -0.2) is 0 Å². The van der Waals surface area contributed by atoms with Crippen molar-refractivity contribution in [2.75, 3.05) is 13.7 Å². The number of nitrogens with one attached hydrogen (secondary N) is 2. The van der Waals surface area contributed by atoms with Crippen molar-refractivity contribution in [3.63, 3.8) is 0 Å². The van der Waals surface area contributed by atoms with E-state index < -0.39 is 16.7 Å². The van der Waals surface area contributed by atoms with E-state index in [1.807, 2.05) is 0 Å². The monoisotopic (exact) mass is 345 g/mol. The zero-order valence-electron chi connectivity index (χ0n) is 13.2. The van der Waals surface area contributed by atoms with Gasteiger partial charge in [0.15, 0.2) is 18.1 Å². The molecule has 2 N–H and O–H groups in total. The summed E-state index contributed by atoms with van der Waals surface area (Å²) >= 11 is 0. The van der Waals surface area contributed by atoms with Gasteiger partial charge in [0, 0.05) is 6.07 Å². The molecule has 0 unspecified atom stereocenters. The molecule has 0 spiro atoms. The van der Waals surface area contributed by atoms with Gasteiger partial charge in [-0.2, -0.15) is 0 Å². The van der Waals surface area contributed by atoms with Gasteiger partial charge in [0.25, 0.3) is 17.5 Å². The van der Waals surface area contributed by atoms with Gasteiger partial charge in [-0.05, 0) is 18.2 Å². The minimum Gasteiger partial charge on any atom is -0.493 e. The summed E-state index contributed by atoms with van der Waals surface area (Å²) in [6.45, 7) is -0.377. The highest BCUT2D eigenvalue weighted by molar-refractivity contribution is 5.99. The van der Waals surface area contributed by atoms with Crippen molar-refractivity contribution < 1.29 is 24.0 Å². The van der Waals surface area contributed by atoms with Gasteiger partial charge < -0.3 is 9.47 Å². The molecule has 25 heavy (non-hydrogen) atoms. The molecule has 2 aromatic carbocycles. The Morgan fingerprint density at radius 2 is 1.68 bits per heavy atom. The Hall–Kier alpha value is -3.62. The lowest BCUT2D eigenvalue weighted by molar-refractivity contribution is -0.385. The third-order valence-electron chi connectivity index (χ3n) is 3.09. The molecule has 0 fully saturated rings. The van der Waals surface area contributed by atoms with Crippen molar-refractivity contribution >= 4 is 17.5 Å². The van der Waals surface area contributed by atoms with Crippen LogP contribution in [0.5, 0.6) is 11.5 Å². The van der Waals surface area contributed by atoms with E-state index in [-0.39, 0.29) is 17.9 Å². The van der Waals surface area contributed by atoms with Gasteiger partial charge in [0.2, 0.25) is 0 Å². The summed E-state index contributed by atoms with van der Waals surface area (Å²) in [5.41, 5.74) is 3.70. The molecular formula is C16H15N3O6. The van der Waals surface area contributed by atoms with Crippen LogP contribution in [-0.4, -0.2) is 30.5 Å². The van der Waals surface area contributed by atoms with Crippen LogP contribution >= 0.6 is 0 Å². The fraction of sp³-hybridized carbons (Fsp3) is 0.125. The number of amides is 2. The lowest BCUT2D eigenvalue weighted by Gasteiger charge is -2.11. The summed E-state index contributed by atoms with van der Waals surface area (Å²) in [6.07, 6.45) is 0. The number of carbonyl (C=O) groups is 2. The van der Waals surface area contributed by atoms with Gasteiger partial charge >= 0.3 is 0 Å². The van der Waals surface area contributed by atoms with Crippen molar-refractivity contribution in [3.8, 4) is 11.5 Å². The number of nitrogens with zero attached hydrogens (tertiary/aromatic N) is 1. The van der Waals surface area contributed by atoms with E-state index in [0.717, 1.165) is 0 Å². The molecule has 0 aliphatic carbocycles. The van der Waals surface area contributed by atoms with Gasteiger partial charge in [-0.1, -0.05) is 24.3 Å². The van der Waals surface area contributed by atoms with Crippen molar-refractivity contribution in [1.82, 2.24) is 10.9 Å². The number of ether oxygens (including phenoxy) is 2. The summed E-state index contributed by atoms with van der Waals surface area (Å²) in [6, 6.07) is 12.2. The molecule has 2 amide bonds. The molecule has 9 nitrogen and oxygen atoms in total. The Labute approximate surface area is 142 Å². The number of para-hydroxylation sites is 3. The quantitative estimate of drug-likeness (QED) is 0.604. The van der Waals surface area contributed by atoms with Crippen molar-refractivity contribution in [1.29, 1.82) is 0 Å². The zero-order valence-corrected chi connectivity index (χ0v) is 13.2. The van der Waals surface area contributed by atoms with Crippen LogP contribution in [0.2, 0.25) is 0 Å². The Balaban J connectivity index is 1.90. The summed E-state index contributed by atoms with van der Waals surface area (Å²) in [5.74, 6) is -0.625. The Bertz CT molecular complexity index is 793. The van der Waals surface area contributed by atoms with Crippen LogP contribution in [0.3, 0.4) is 0 Å². The summed E-state index contributed by atoms with van der Waals surface area (Å²) in [7, 11) is 1.47. The van der Waals surface area contributed by atoms with Crippen molar-refractivity contribution in [3.05, 3.63) is 64.2 Å². The van der Waals surface area contributed by atoms with Crippen molar-refractivity contribution in [2.45, 2.75) is 0 Å². The van der Waals surface area contributed by atoms with Crippen LogP contribution in [-0.2, 0) is 4.79 Å². The topological polar surface area (TPSA) is 120 Å². The molecule has 2 rings (SSSR count). The van der Waals surface area contributed by atoms with E-state index >= 15 is 0 Å². The summed E-state index contributed by atoms with van der Waals surface area (Å²) < 4.78 is 10.4. The first-order chi connectivity index (χ1) is 12.0. The number of nitro benzene ring substituents is 1. The van der Waals surface area contributed by atoms with Gasteiger partial charge in [-0.3, -0.25) is 30.6 Å². The second kappa shape index (κ2) is 8.29. The summed E-state index contributed by atoms with van der Waals surface area (Å²) in [4.78, 5) is 33.9. The Morgan fingerprint density at radius 3 is 2.36 bits per heavy atom. The zero-order chi connectivity index (χ0) is 18.2. The minimum atomic E-state index is -0.807. The van der Waals surface area contributed by atoms with Gasteiger partial charge in [0.05, 0.1) is 12.0 Å². The molecule has 0 aliphatic rings. The molecule has 0 aromatic heterocycles. The van der Waals surface area contributed by atoms with Gasteiger partial charge in [-0.15, -0.1) is 0 Å². The molecule has 0 atom stereocenters. The number of benzene rings is 2. The lowest BCUT2D eigenvalue weighted by atomic mass is 10.2. The highest BCUT2D eigenvalue weighted by Gasteiger charge is 2.19. The molecular weight excluding hydrogens is 330 g/mol. The SMILES string of the molecule is COc1ccccc1OCC(=O)NNC(=O)c1ccccc1[N+](=O)[O-]. The fourth-order valence-corrected chi connectivity index (χ4v) is 1.94. The number of rotatable bonds is 6. The number of methoxy groups -OCH3 is 1. The number of hydrogen-bond acceptors (Lipinski definition) is 6. The standard InChI is InChI=1S/C16H15N3O6/c1-24-13-8-4-5-9-14(13)25-10-15(20)17-18-16(21)11-6-2-3-7-12(11)19(22)23/h2-9H,10H2,1H3,(H,17,20)(H,18,21). The molecule has 0 aliphatic heterocycles. The third-order valence-corrected chi connectivity index (χ3v) is 3.09. The molecule has 0 radical (unpaired) electrons. The Kier molecular flexibility index (Phi) is 5.88. The average molecular weight is 345 g/mol. The smallest absolute Gasteiger partial charge is 0.282 e. The van der Waals surface area contributed by atoms with Gasteiger partial charge in [0.1, 0.15) is 5.56 Å². The molecule has 9 heteroatoms. The first kappa shape index (κ1) is 17.7. The third kappa shape index (κ3) is 4.67. The normalized spacial score (nSPS) is 9.80. The molecule has 2 aromatic rings. The molecule has 0 bridgehead atoms. The molecule has 130 valence electrons. The molecule has 0 saturated heterocycles. The van der Waals surface area contributed by atoms with Crippen molar-refractivity contribution in [2.24, 2.45) is 0 Å². The second-order valence-corrected chi connectivity index (χ2v) is 4.72. The molecule has 0 heterocycles. The number of carbonyl (C=O) groups excluding carboxylic acids is 2. The highest BCUT2D eigenvalue weighted by Crippen LogP contribution is 2.25. The van der Waals surface area contributed by atoms with E-state index in [9.17, 15) is 19.7 Å². The predicted octanol–water partition coefficient (Wildman–Crippen LogP) is 1.44. The van der Waals surface area contributed by atoms with E-state index in [4.69, 9.17) is 9.47 Å². The van der Waals surface area contributed by atoms with Crippen LogP contribution in [0.15, 0.2) is 48.5 Å². The van der Waals surface area contributed by atoms with Crippen LogP contribution < -0.4 is 20.3 Å². The van der Waals surface area contributed by atoms with E-state index in [1.165, 1.54) is 31.4 Å². The lowest BCUT2D eigenvalue weighted by Crippen LogP contribution is -2.44. The van der Waals surface area contributed by atoms with Crippen LogP contribution in [0.4, 0.5) is 5.69 Å². The summed E-state index contributed by atoms with van der Waals surface area (Å²) in [5, 5.41) is 10.9. The maximum Gasteiger partial charge on any atom is 0.282 e. The van der Waals surface area contributed by atoms with E-state index in [0.29, 0.717) is 11.5 Å². The number of hydrogen-bond donors (Lipinski definition) is 2. The van der Waals surface area contributed by atoms with E-state index in [2.05, 4.69) is 10.9 Å². The van der Waals surface area contributed by atoms with E-state index in [1.54, 1.807) is 24.3 Å². The number of nitro groups is 1.